The zero-order valence-corrected chi connectivity index (χ0v) is 7.90. The van der Waals surface area contributed by atoms with E-state index < -0.39 is 0 Å². The van der Waals surface area contributed by atoms with Gasteiger partial charge in [-0.15, -0.1) is 0 Å². The van der Waals surface area contributed by atoms with Crippen molar-refractivity contribution in [3.8, 4) is 11.3 Å². The maximum absolute atomic E-state index is 8.88. The minimum absolute atomic E-state index is 0.0675. The van der Waals surface area contributed by atoms with Gasteiger partial charge in [0.1, 0.15) is 11.5 Å². The van der Waals surface area contributed by atoms with Crippen molar-refractivity contribution in [2.45, 2.75) is 13.5 Å². The first-order valence-electron chi connectivity index (χ1n) is 4.41. The first kappa shape index (κ1) is 8.97. The average Bonchev–Trinajstić information content (AvgIpc) is 2.65. The molecule has 0 saturated carbocycles. The van der Waals surface area contributed by atoms with Crippen LogP contribution in [-0.2, 0) is 6.61 Å². The normalized spacial score (nSPS) is 10.4. The molecule has 1 aromatic carbocycles. The fourth-order valence-corrected chi connectivity index (χ4v) is 1.35. The summed E-state index contributed by atoms with van der Waals surface area (Å²) in [6, 6.07) is 7.61. The van der Waals surface area contributed by atoms with E-state index in [1.807, 2.05) is 31.2 Å². The minimum atomic E-state index is 0.0675. The van der Waals surface area contributed by atoms with Crippen LogP contribution >= 0.6 is 0 Å². The van der Waals surface area contributed by atoms with Crippen molar-refractivity contribution in [2.24, 2.45) is 0 Å². The van der Waals surface area contributed by atoms with Gasteiger partial charge in [0.15, 0.2) is 6.39 Å². The first-order chi connectivity index (χ1) is 6.81. The maximum Gasteiger partial charge on any atom is 0.181 e. The number of oxazole rings is 1. The van der Waals surface area contributed by atoms with Crippen molar-refractivity contribution in [1.82, 2.24) is 4.98 Å². The summed E-state index contributed by atoms with van der Waals surface area (Å²) in [5, 5.41) is 8.88. The second kappa shape index (κ2) is 3.64. The summed E-state index contributed by atoms with van der Waals surface area (Å²) in [4.78, 5) is 4.11. The van der Waals surface area contributed by atoms with Crippen LogP contribution in [-0.4, -0.2) is 10.1 Å². The monoisotopic (exact) mass is 189 g/mol. The Morgan fingerprint density at radius 1 is 1.29 bits per heavy atom. The number of benzene rings is 1. The molecule has 0 saturated heterocycles. The van der Waals surface area contributed by atoms with Gasteiger partial charge in [0, 0.05) is 5.56 Å². The molecule has 0 bridgehead atoms. The minimum Gasteiger partial charge on any atom is -0.448 e. The van der Waals surface area contributed by atoms with Gasteiger partial charge >= 0.3 is 0 Å². The summed E-state index contributed by atoms with van der Waals surface area (Å²) < 4.78 is 5.11. The summed E-state index contributed by atoms with van der Waals surface area (Å²) in [5.41, 5.74) is 2.76. The molecule has 0 atom stereocenters. The highest BCUT2D eigenvalue weighted by Crippen LogP contribution is 2.21. The molecule has 2 rings (SSSR count). The van der Waals surface area contributed by atoms with Crippen LogP contribution < -0.4 is 0 Å². The van der Waals surface area contributed by atoms with Crippen LogP contribution in [0, 0.1) is 6.92 Å². The quantitative estimate of drug-likeness (QED) is 0.787. The van der Waals surface area contributed by atoms with Gasteiger partial charge in [0.2, 0.25) is 0 Å². The third-order valence-corrected chi connectivity index (χ3v) is 2.15. The van der Waals surface area contributed by atoms with Crippen LogP contribution in [0.15, 0.2) is 35.1 Å². The molecule has 0 radical (unpaired) electrons. The smallest absolute Gasteiger partial charge is 0.181 e. The zero-order valence-electron chi connectivity index (χ0n) is 7.90. The lowest BCUT2D eigenvalue weighted by Gasteiger charge is -1.99. The highest BCUT2D eigenvalue weighted by atomic mass is 16.3. The van der Waals surface area contributed by atoms with Crippen molar-refractivity contribution in [3.05, 3.63) is 42.0 Å². The number of rotatable bonds is 2. The molecule has 1 aromatic heterocycles. The lowest BCUT2D eigenvalue weighted by Crippen LogP contribution is -1.84. The highest BCUT2D eigenvalue weighted by molar-refractivity contribution is 5.60. The molecule has 2 aromatic rings. The Kier molecular flexibility index (Phi) is 2.33. The zero-order chi connectivity index (χ0) is 9.97. The van der Waals surface area contributed by atoms with E-state index in [-0.39, 0.29) is 6.61 Å². The van der Waals surface area contributed by atoms with Crippen LogP contribution in [0.3, 0.4) is 0 Å². The number of hydrogen-bond donors (Lipinski definition) is 1. The number of aromatic nitrogens is 1. The Morgan fingerprint density at radius 3 is 2.50 bits per heavy atom. The second-order valence-corrected chi connectivity index (χ2v) is 3.11. The van der Waals surface area contributed by atoms with Crippen LogP contribution in [0.2, 0.25) is 0 Å². The Balaban J connectivity index is 2.39. The summed E-state index contributed by atoms with van der Waals surface area (Å²) >= 11 is 0. The highest BCUT2D eigenvalue weighted by Gasteiger charge is 2.05. The van der Waals surface area contributed by atoms with Gasteiger partial charge in [-0.1, -0.05) is 24.3 Å². The molecular weight excluding hydrogens is 178 g/mol. The summed E-state index contributed by atoms with van der Waals surface area (Å²) in [5.74, 6) is 0.807. The predicted molar refractivity (Wildman–Crippen MR) is 52.6 cm³/mol. The van der Waals surface area contributed by atoms with Gasteiger partial charge in [-0.3, -0.25) is 0 Å². The molecule has 1 N–H and O–H groups in total. The SMILES string of the molecule is Cc1ocnc1-c1ccc(CO)cc1. The lowest BCUT2D eigenvalue weighted by atomic mass is 10.1. The van der Waals surface area contributed by atoms with Crippen molar-refractivity contribution >= 4 is 0 Å². The molecule has 0 aliphatic carbocycles. The van der Waals surface area contributed by atoms with E-state index in [0.717, 1.165) is 22.6 Å². The predicted octanol–water partition coefficient (Wildman–Crippen LogP) is 2.14. The molecule has 1 heterocycles. The molecule has 0 fully saturated rings. The van der Waals surface area contributed by atoms with Crippen LogP contribution in [0.4, 0.5) is 0 Å². The number of aliphatic hydroxyl groups is 1. The summed E-state index contributed by atoms with van der Waals surface area (Å²) in [7, 11) is 0. The van der Waals surface area contributed by atoms with Crippen LogP contribution in [0.5, 0.6) is 0 Å². The summed E-state index contributed by atoms with van der Waals surface area (Å²) in [6.45, 7) is 1.94. The van der Waals surface area contributed by atoms with Crippen molar-refractivity contribution in [3.63, 3.8) is 0 Å². The fraction of sp³-hybridized carbons (Fsp3) is 0.182. The fourth-order valence-electron chi connectivity index (χ4n) is 1.35. The molecule has 0 unspecified atom stereocenters. The van der Waals surface area contributed by atoms with Crippen molar-refractivity contribution in [1.29, 1.82) is 0 Å². The third-order valence-electron chi connectivity index (χ3n) is 2.15. The Labute approximate surface area is 82.0 Å². The molecular formula is C11H11NO2. The lowest BCUT2D eigenvalue weighted by molar-refractivity contribution is 0.282. The Hall–Kier alpha value is -1.61. The van der Waals surface area contributed by atoms with Crippen molar-refractivity contribution in [2.75, 3.05) is 0 Å². The molecule has 3 nitrogen and oxygen atoms in total. The van der Waals surface area contributed by atoms with E-state index in [0.29, 0.717) is 0 Å². The van der Waals surface area contributed by atoms with E-state index >= 15 is 0 Å². The number of aliphatic hydroxyl groups excluding tert-OH is 1. The number of nitrogens with zero attached hydrogens (tertiary/aromatic N) is 1. The van der Waals surface area contributed by atoms with Gasteiger partial charge < -0.3 is 9.52 Å². The van der Waals surface area contributed by atoms with Gasteiger partial charge in [-0.05, 0) is 12.5 Å². The second-order valence-electron chi connectivity index (χ2n) is 3.11. The largest absolute Gasteiger partial charge is 0.448 e. The molecule has 0 amide bonds. The number of hydrogen-bond acceptors (Lipinski definition) is 3. The first-order valence-corrected chi connectivity index (χ1v) is 4.41. The van der Waals surface area contributed by atoms with E-state index in [1.54, 1.807) is 0 Å². The van der Waals surface area contributed by atoms with E-state index in [9.17, 15) is 0 Å². The van der Waals surface area contributed by atoms with Gasteiger partial charge in [-0.2, -0.15) is 0 Å². The maximum atomic E-state index is 8.88. The Bertz CT molecular complexity index is 417. The topological polar surface area (TPSA) is 46.3 Å². The third kappa shape index (κ3) is 1.54. The van der Waals surface area contributed by atoms with E-state index in [2.05, 4.69) is 4.98 Å². The van der Waals surface area contributed by atoms with E-state index in [1.165, 1.54) is 6.39 Å². The van der Waals surface area contributed by atoms with Crippen LogP contribution in [0.25, 0.3) is 11.3 Å². The van der Waals surface area contributed by atoms with Crippen molar-refractivity contribution < 1.29 is 9.52 Å². The molecule has 14 heavy (non-hydrogen) atoms. The molecule has 72 valence electrons. The van der Waals surface area contributed by atoms with Crippen LogP contribution in [0.1, 0.15) is 11.3 Å². The van der Waals surface area contributed by atoms with Gasteiger partial charge in [0.25, 0.3) is 0 Å². The number of aryl methyl sites for hydroxylation is 1. The standard InChI is InChI=1S/C11H11NO2/c1-8-11(12-7-14-8)10-4-2-9(6-13)3-5-10/h2-5,7,13H,6H2,1H3. The Morgan fingerprint density at radius 2 is 2.00 bits per heavy atom. The van der Waals surface area contributed by atoms with Gasteiger partial charge in [-0.25, -0.2) is 4.98 Å². The van der Waals surface area contributed by atoms with Gasteiger partial charge in [0.05, 0.1) is 6.61 Å². The van der Waals surface area contributed by atoms with E-state index in [4.69, 9.17) is 9.52 Å². The molecule has 0 aliphatic heterocycles. The summed E-state index contributed by atoms with van der Waals surface area (Å²) in [6.07, 6.45) is 1.44. The average molecular weight is 189 g/mol. The molecule has 0 spiro atoms. The molecule has 0 aliphatic rings. The molecule has 3 heteroatoms.